The van der Waals surface area contributed by atoms with Gasteiger partial charge in [0.05, 0.1) is 17.7 Å². The van der Waals surface area contributed by atoms with Crippen LogP contribution in [0.4, 0.5) is 4.79 Å². The Morgan fingerprint density at radius 2 is 1.81 bits per heavy atom. The second kappa shape index (κ2) is 10.9. The van der Waals surface area contributed by atoms with Gasteiger partial charge in [-0.15, -0.1) is 0 Å². The van der Waals surface area contributed by atoms with Gasteiger partial charge in [-0.25, -0.2) is 4.79 Å². The van der Waals surface area contributed by atoms with Crippen LogP contribution in [0, 0.1) is 5.41 Å². The van der Waals surface area contributed by atoms with Crippen molar-refractivity contribution in [2.75, 3.05) is 27.2 Å². The smallest absolute Gasteiger partial charge is 0.410 e. The number of ether oxygens (including phenoxy) is 2. The maximum absolute atomic E-state index is 12.5. The summed E-state index contributed by atoms with van der Waals surface area (Å²) in [5.41, 5.74) is -0.0193. The Bertz CT molecular complexity index is 803. The number of halogens is 1. The number of amides is 1. The Morgan fingerprint density at radius 3 is 2.31 bits per heavy atom. The van der Waals surface area contributed by atoms with Gasteiger partial charge in [-0.1, -0.05) is 32.4 Å². The first-order valence-electron chi connectivity index (χ1n) is 10.8. The van der Waals surface area contributed by atoms with Crippen molar-refractivity contribution >= 4 is 31.8 Å². The Balaban J connectivity index is 3.04. The lowest BCUT2D eigenvalue weighted by Gasteiger charge is -2.40. The summed E-state index contributed by atoms with van der Waals surface area (Å²) in [7, 11) is 1.25. The van der Waals surface area contributed by atoms with Crippen molar-refractivity contribution in [3.63, 3.8) is 0 Å². The average molecular weight is 486 g/mol. The van der Waals surface area contributed by atoms with E-state index in [-0.39, 0.29) is 23.6 Å². The summed E-state index contributed by atoms with van der Waals surface area (Å²) in [5.74, 6) is 0.785. The maximum atomic E-state index is 12.5. The summed E-state index contributed by atoms with van der Waals surface area (Å²) < 4.78 is 18.1. The number of carbonyl (C=O) groups excluding carboxylic acids is 1. The molecule has 182 valence electrons. The van der Waals surface area contributed by atoms with Gasteiger partial charge in [0.1, 0.15) is 23.8 Å². The highest BCUT2D eigenvalue weighted by Crippen LogP contribution is 2.37. The number of amidine groups is 1. The lowest BCUT2D eigenvalue weighted by Crippen LogP contribution is -2.49. The highest BCUT2D eigenvalue weighted by Gasteiger charge is 2.40. The minimum Gasteiger partial charge on any atom is -0.491 e. The van der Waals surface area contributed by atoms with Crippen LogP contribution >= 0.6 is 11.6 Å². The summed E-state index contributed by atoms with van der Waals surface area (Å²) in [6, 6.07) is 5.19. The largest absolute Gasteiger partial charge is 0.491 e. The first kappa shape index (κ1) is 28.3. The van der Waals surface area contributed by atoms with Gasteiger partial charge < -0.3 is 24.1 Å². The Labute approximate surface area is 199 Å². The predicted octanol–water partition coefficient (Wildman–Crippen LogP) is 5.52. The zero-order valence-electron chi connectivity index (χ0n) is 21.2. The normalized spacial score (nSPS) is 13.3. The molecule has 0 aliphatic carbocycles. The van der Waals surface area contributed by atoms with E-state index in [4.69, 9.17) is 30.9 Å². The molecular formula is C23H40ClN3O4Si. The van der Waals surface area contributed by atoms with E-state index in [2.05, 4.69) is 39.2 Å². The van der Waals surface area contributed by atoms with Gasteiger partial charge in [-0.3, -0.25) is 5.41 Å². The third kappa shape index (κ3) is 8.63. The Hall–Kier alpha value is -1.77. The zero-order valence-corrected chi connectivity index (χ0v) is 22.9. The number of nitrogens with zero attached hydrogens (tertiary/aromatic N) is 1. The molecule has 0 heterocycles. The molecule has 1 unspecified atom stereocenters. The van der Waals surface area contributed by atoms with Gasteiger partial charge in [-0.2, -0.15) is 0 Å². The highest BCUT2D eigenvalue weighted by molar-refractivity contribution is 6.74. The average Bonchev–Trinajstić information content (AvgIpc) is 2.63. The van der Waals surface area contributed by atoms with E-state index in [0.717, 1.165) is 0 Å². The first-order chi connectivity index (χ1) is 14.5. The van der Waals surface area contributed by atoms with Crippen molar-refractivity contribution in [2.24, 2.45) is 0 Å². The molecule has 0 aliphatic rings. The van der Waals surface area contributed by atoms with E-state index in [0.29, 0.717) is 22.9 Å². The molecule has 1 aromatic carbocycles. The van der Waals surface area contributed by atoms with Crippen molar-refractivity contribution < 1.29 is 18.7 Å². The van der Waals surface area contributed by atoms with Crippen molar-refractivity contribution in [3.05, 3.63) is 28.8 Å². The number of likely N-dealkylation sites (N-methyl/N-ethyl adjacent to an activating group) is 1. The first-order valence-corrected chi connectivity index (χ1v) is 14.1. The summed E-state index contributed by atoms with van der Waals surface area (Å²) in [4.78, 5) is 14.0. The highest BCUT2D eigenvalue weighted by atomic mass is 35.5. The van der Waals surface area contributed by atoms with Crippen molar-refractivity contribution in [1.29, 1.82) is 5.41 Å². The van der Waals surface area contributed by atoms with Gasteiger partial charge >= 0.3 is 6.09 Å². The molecule has 0 aliphatic heterocycles. The molecule has 1 amide bonds. The third-order valence-corrected chi connectivity index (χ3v) is 10.2. The van der Waals surface area contributed by atoms with Crippen molar-refractivity contribution in [1.82, 2.24) is 10.2 Å². The summed E-state index contributed by atoms with van der Waals surface area (Å²) in [6.45, 7) is 16.9. The fraction of sp³-hybridized carbons (Fsp3) is 0.652. The SMILES string of the molecule is CNC(=N)c1cc(OCC(CN(C)C(=O)OC(C)(C)C)O[Si](C)(C)C(C)(C)C)ccc1Cl. The number of nitrogens with one attached hydrogen (secondary N) is 2. The summed E-state index contributed by atoms with van der Waals surface area (Å²) in [5, 5.41) is 11.3. The second-order valence-electron chi connectivity index (χ2n) is 10.4. The van der Waals surface area contributed by atoms with Crippen LogP contribution in [-0.4, -0.2) is 64.1 Å². The Morgan fingerprint density at radius 1 is 1.22 bits per heavy atom. The van der Waals surface area contributed by atoms with E-state index < -0.39 is 20.0 Å². The fourth-order valence-corrected chi connectivity index (χ4v) is 4.09. The van der Waals surface area contributed by atoms with Crippen molar-refractivity contribution in [3.8, 4) is 5.75 Å². The second-order valence-corrected chi connectivity index (χ2v) is 15.6. The molecule has 0 spiro atoms. The molecule has 0 saturated carbocycles. The topological polar surface area (TPSA) is 83.9 Å². The fourth-order valence-electron chi connectivity index (χ4n) is 2.55. The molecule has 1 aromatic rings. The molecule has 0 saturated heterocycles. The molecule has 0 fully saturated rings. The van der Waals surface area contributed by atoms with Crippen LogP contribution in [0.2, 0.25) is 23.2 Å². The quantitative estimate of drug-likeness (QED) is 0.287. The molecule has 1 rings (SSSR count). The number of hydrogen-bond donors (Lipinski definition) is 2. The molecule has 9 heteroatoms. The minimum atomic E-state index is -2.12. The van der Waals surface area contributed by atoms with Crippen molar-refractivity contribution in [2.45, 2.75) is 71.4 Å². The molecule has 2 N–H and O–H groups in total. The van der Waals surface area contributed by atoms with E-state index >= 15 is 0 Å². The Kier molecular flexibility index (Phi) is 9.62. The number of carbonyl (C=O) groups is 1. The number of hydrogen-bond acceptors (Lipinski definition) is 5. The lowest BCUT2D eigenvalue weighted by atomic mass is 10.2. The zero-order chi connectivity index (χ0) is 24.9. The van der Waals surface area contributed by atoms with Gasteiger partial charge in [-0.05, 0) is 57.1 Å². The van der Waals surface area contributed by atoms with Gasteiger partial charge in [0.2, 0.25) is 0 Å². The van der Waals surface area contributed by atoms with E-state index in [9.17, 15) is 4.79 Å². The van der Waals surface area contributed by atoms with Crippen LogP contribution in [0.5, 0.6) is 5.75 Å². The van der Waals surface area contributed by atoms with Crippen LogP contribution in [0.15, 0.2) is 18.2 Å². The third-order valence-electron chi connectivity index (χ3n) is 5.34. The van der Waals surface area contributed by atoms with Crippen LogP contribution in [0.1, 0.15) is 47.1 Å². The number of rotatable bonds is 8. The molecule has 0 radical (unpaired) electrons. The van der Waals surface area contributed by atoms with E-state index in [1.54, 1.807) is 32.3 Å². The van der Waals surface area contributed by atoms with Crippen LogP contribution in [0.25, 0.3) is 0 Å². The van der Waals surface area contributed by atoms with Crippen LogP contribution in [-0.2, 0) is 9.16 Å². The van der Waals surface area contributed by atoms with Gasteiger partial charge in [0.15, 0.2) is 8.32 Å². The summed E-state index contributed by atoms with van der Waals surface area (Å²) in [6.07, 6.45) is -0.756. The standard InChI is InChI=1S/C23H40ClN3O4Si/c1-22(2,3)30-21(28)27(8)14-17(31-32(9,10)23(4,5)6)15-29-16-11-12-19(24)18(13-16)20(25)26-7/h11-13,17H,14-15H2,1-10H3,(H2,25,26). The molecule has 0 bridgehead atoms. The van der Waals surface area contributed by atoms with E-state index in [1.165, 1.54) is 4.90 Å². The number of benzene rings is 1. The monoisotopic (exact) mass is 485 g/mol. The molecule has 7 nitrogen and oxygen atoms in total. The van der Waals surface area contributed by atoms with E-state index in [1.807, 2.05) is 20.8 Å². The molecular weight excluding hydrogens is 446 g/mol. The lowest BCUT2D eigenvalue weighted by molar-refractivity contribution is 0.0172. The molecule has 1 atom stereocenters. The minimum absolute atomic E-state index is 0.00502. The van der Waals surface area contributed by atoms with Crippen LogP contribution in [0.3, 0.4) is 0 Å². The summed E-state index contributed by atoms with van der Waals surface area (Å²) >= 11 is 6.21. The maximum Gasteiger partial charge on any atom is 0.410 e. The van der Waals surface area contributed by atoms with Crippen LogP contribution < -0.4 is 10.1 Å². The predicted molar refractivity (Wildman–Crippen MR) is 134 cm³/mol. The van der Waals surface area contributed by atoms with Gasteiger partial charge in [0.25, 0.3) is 0 Å². The van der Waals surface area contributed by atoms with Gasteiger partial charge in [0, 0.05) is 19.7 Å². The molecule has 0 aromatic heterocycles. The molecule has 32 heavy (non-hydrogen) atoms.